The molecule has 1 unspecified atom stereocenters. The molecule has 0 N–H and O–H groups in total. The topological polar surface area (TPSA) is 0 Å². The molecule has 0 aliphatic rings. The summed E-state index contributed by atoms with van der Waals surface area (Å²) >= 11 is 0. The standard InChI is InChI=1S/C21H21P/c1-17(22)21(18-11-5-2-6-12-18,19-13-7-3-8-14-19)20-15-9-4-10-16-20/h2-17H,22H2,1H3/t17-/m1/s1. The van der Waals surface area contributed by atoms with Gasteiger partial charge in [-0.3, -0.25) is 0 Å². The van der Waals surface area contributed by atoms with Crippen LogP contribution in [0.4, 0.5) is 0 Å². The van der Waals surface area contributed by atoms with Crippen LogP contribution in [-0.4, -0.2) is 5.66 Å². The predicted molar refractivity (Wildman–Crippen MR) is 98.4 cm³/mol. The second kappa shape index (κ2) is 6.46. The molecule has 0 spiro atoms. The van der Waals surface area contributed by atoms with Gasteiger partial charge in [-0.2, -0.15) is 0 Å². The van der Waals surface area contributed by atoms with Gasteiger partial charge in [0.2, 0.25) is 0 Å². The van der Waals surface area contributed by atoms with E-state index < -0.39 is 0 Å². The van der Waals surface area contributed by atoms with E-state index in [1.807, 2.05) is 0 Å². The monoisotopic (exact) mass is 304 g/mol. The molecule has 0 nitrogen and oxygen atoms in total. The van der Waals surface area contributed by atoms with Crippen LogP contribution < -0.4 is 0 Å². The molecule has 2 atom stereocenters. The molecule has 0 saturated heterocycles. The summed E-state index contributed by atoms with van der Waals surface area (Å²) in [5.41, 5.74) is 4.19. The molecule has 0 bridgehead atoms. The minimum Gasteiger partial charge on any atom is -0.133 e. The summed E-state index contributed by atoms with van der Waals surface area (Å²) in [6.07, 6.45) is 0. The molecule has 0 radical (unpaired) electrons. The van der Waals surface area contributed by atoms with E-state index in [1.54, 1.807) is 0 Å². The summed E-state index contributed by atoms with van der Waals surface area (Å²) in [6.45, 7) is 2.28. The molecule has 0 saturated carbocycles. The summed E-state index contributed by atoms with van der Waals surface area (Å²) < 4.78 is 0. The number of rotatable bonds is 4. The van der Waals surface area contributed by atoms with Crippen molar-refractivity contribution in [2.45, 2.75) is 18.0 Å². The summed E-state index contributed by atoms with van der Waals surface area (Å²) in [5.74, 6) is 0. The maximum absolute atomic E-state index is 3.02. The Balaban J connectivity index is 2.34. The van der Waals surface area contributed by atoms with Gasteiger partial charge in [-0.1, -0.05) is 97.9 Å². The first kappa shape index (κ1) is 15.0. The highest BCUT2D eigenvalue weighted by Gasteiger charge is 2.39. The van der Waals surface area contributed by atoms with Gasteiger partial charge in [0.25, 0.3) is 0 Å². The van der Waals surface area contributed by atoms with E-state index in [0.717, 1.165) is 0 Å². The molecular weight excluding hydrogens is 283 g/mol. The molecule has 22 heavy (non-hydrogen) atoms. The molecule has 0 aliphatic heterocycles. The average Bonchev–Trinajstić information content (AvgIpc) is 2.58. The van der Waals surface area contributed by atoms with Gasteiger partial charge in [-0.15, -0.1) is 9.24 Å². The maximum Gasteiger partial charge on any atom is 0.0511 e. The van der Waals surface area contributed by atoms with Crippen molar-refractivity contribution in [1.29, 1.82) is 0 Å². The molecule has 0 aliphatic carbocycles. The molecule has 110 valence electrons. The lowest BCUT2D eigenvalue weighted by molar-refractivity contribution is 0.609. The van der Waals surface area contributed by atoms with Crippen LogP contribution in [0.25, 0.3) is 0 Å². The largest absolute Gasteiger partial charge is 0.133 e. The van der Waals surface area contributed by atoms with Crippen LogP contribution in [0.3, 0.4) is 0 Å². The third kappa shape index (κ3) is 2.49. The van der Waals surface area contributed by atoms with Gasteiger partial charge in [0.15, 0.2) is 0 Å². The van der Waals surface area contributed by atoms with Gasteiger partial charge in [-0.25, -0.2) is 0 Å². The number of hydrogen-bond donors (Lipinski definition) is 0. The zero-order valence-electron chi connectivity index (χ0n) is 12.8. The van der Waals surface area contributed by atoms with Gasteiger partial charge in [0.05, 0.1) is 5.41 Å². The van der Waals surface area contributed by atoms with Crippen LogP contribution >= 0.6 is 9.24 Å². The normalized spacial score (nSPS) is 12.8. The molecule has 3 aromatic rings. The second-order valence-electron chi connectivity index (χ2n) is 5.69. The van der Waals surface area contributed by atoms with Crippen molar-refractivity contribution in [2.24, 2.45) is 0 Å². The van der Waals surface area contributed by atoms with Crippen molar-refractivity contribution in [2.75, 3.05) is 0 Å². The highest BCUT2D eigenvalue weighted by molar-refractivity contribution is 7.17. The van der Waals surface area contributed by atoms with Crippen molar-refractivity contribution in [3.63, 3.8) is 0 Å². The Morgan fingerprint density at radius 3 is 1.09 bits per heavy atom. The molecule has 0 heterocycles. The van der Waals surface area contributed by atoms with Crippen molar-refractivity contribution < 1.29 is 0 Å². The van der Waals surface area contributed by atoms with Crippen LogP contribution in [0.5, 0.6) is 0 Å². The Labute approximate surface area is 135 Å². The minimum atomic E-state index is -0.158. The fourth-order valence-corrected chi connectivity index (χ4v) is 3.97. The van der Waals surface area contributed by atoms with E-state index in [0.29, 0.717) is 5.66 Å². The van der Waals surface area contributed by atoms with Crippen molar-refractivity contribution in [1.82, 2.24) is 0 Å². The highest BCUT2D eigenvalue weighted by atomic mass is 31.0. The molecule has 1 heteroatoms. The first-order chi connectivity index (χ1) is 10.8. The van der Waals surface area contributed by atoms with Crippen LogP contribution in [-0.2, 0) is 5.41 Å². The van der Waals surface area contributed by atoms with Gasteiger partial charge in [0.1, 0.15) is 0 Å². The van der Waals surface area contributed by atoms with Crippen molar-refractivity contribution in [3.8, 4) is 0 Å². The van der Waals surface area contributed by atoms with E-state index in [9.17, 15) is 0 Å². The summed E-state index contributed by atoms with van der Waals surface area (Å²) in [7, 11) is 3.02. The van der Waals surface area contributed by atoms with E-state index >= 15 is 0 Å². The minimum absolute atomic E-state index is 0.158. The van der Waals surface area contributed by atoms with E-state index in [2.05, 4.69) is 107 Å². The Morgan fingerprint density at radius 2 is 0.864 bits per heavy atom. The smallest absolute Gasteiger partial charge is 0.0511 e. The Kier molecular flexibility index (Phi) is 4.41. The second-order valence-corrected chi connectivity index (χ2v) is 6.69. The predicted octanol–water partition coefficient (Wildman–Crippen LogP) is 5.28. The van der Waals surface area contributed by atoms with Crippen LogP contribution in [0.15, 0.2) is 91.0 Å². The van der Waals surface area contributed by atoms with Crippen LogP contribution in [0.2, 0.25) is 0 Å². The summed E-state index contributed by atoms with van der Waals surface area (Å²) in [4.78, 5) is 0. The lowest BCUT2D eigenvalue weighted by atomic mass is 9.67. The number of benzene rings is 3. The summed E-state index contributed by atoms with van der Waals surface area (Å²) in [5, 5.41) is 0. The summed E-state index contributed by atoms with van der Waals surface area (Å²) in [6, 6.07) is 32.4. The zero-order valence-corrected chi connectivity index (χ0v) is 14.0. The first-order valence-corrected chi connectivity index (χ1v) is 8.35. The molecule has 3 aromatic carbocycles. The number of hydrogen-bond acceptors (Lipinski definition) is 0. The average molecular weight is 304 g/mol. The van der Waals surface area contributed by atoms with E-state index in [4.69, 9.17) is 0 Å². The maximum atomic E-state index is 3.02. The lowest BCUT2D eigenvalue weighted by Gasteiger charge is -2.39. The van der Waals surface area contributed by atoms with Crippen LogP contribution in [0.1, 0.15) is 23.6 Å². The Hall–Kier alpha value is -1.91. The molecular formula is C21H21P. The van der Waals surface area contributed by atoms with Gasteiger partial charge < -0.3 is 0 Å². The van der Waals surface area contributed by atoms with Gasteiger partial charge in [0, 0.05) is 0 Å². The third-order valence-corrected chi connectivity index (χ3v) is 4.87. The van der Waals surface area contributed by atoms with Crippen molar-refractivity contribution in [3.05, 3.63) is 108 Å². The third-order valence-electron chi connectivity index (χ3n) is 4.37. The zero-order chi connectivity index (χ0) is 15.4. The SMILES string of the molecule is C[C@@H](P)C(c1ccccc1)(c1ccccc1)c1ccccc1. The quantitative estimate of drug-likeness (QED) is 0.454. The molecule has 0 fully saturated rings. The molecule has 3 rings (SSSR count). The highest BCUT2D eigenvalue weighted by Crippen LogP contribution is 2.44. The van der Waals surface area contributed by atoms with Crippen LogP contribution in [0, 0.1) is 0 Å². The van der Waals surface area contributed by atoms with E-state index in [-0.39, 0.29) is 5.41 Å². The first-order valence-electron chi connectivity index (χ1n) is 7.68. The fourth-order valence-electron chi connectivity index (χ4n) is 3.39. The Morgan fingerprint density at radius 1 is 0.591 bits per heavy atom. The van der Waals surface area contributed by atoms with Gasteiger partial charge in [-0.05, 0) is 22.3 Å². The van der Waals surface area contributed by atoms with Gasteiger partial charge >= 0.3 is 0 Å². The fraction of sp³-hybridized carbons (Fsp3) is 0.143. The Bertz CT molecular complexity index is 606. The van der Waals surface area contributed by atoms with E-state index in [1.165, 1.54) is 16.7 Å². The van der Waals surface area contributed by atoms with Crippen molar-refractivity contribution >= 4 is 9.24 Å². The lowest BCUT2D eigenvalue weighted by Crippen LogP contribution is -2.37. The molecule has 0 aromatic heterocycles. The molecule has 0 amide bonds.